The summed E-state index contributed by atoms with van der Waals surface area (Å²) in [7, 11) is -3.75. The minimum absolute atomic E-state index is 0.229. The molecular formula is C6H8N2O3S. The van der Waals surface area contributed by atoms with Crippen LogP contribution in [0.5, 0.6) is 5.75 Å². The molecule has 0 heterocycles. The van der Waals surface area contributed by atoms with Crippen molar-refractivity contribution >= 4 is 10.0 Å². The summed E-state index contributed by atoms with van der Waals surface area (Å²) in [5.41, 5.74) is 0. The standard InChI is InChI=1S/C6H8N2O3S/c7-8-12(10,11)6-4-2-1-3-5(6)9/h1-4,8-9H,7H2. The van der Waals surface area contributed by atoms with E-state index in [0.717, 1.165) is 0 Å². The van der Waals surface area contributed by atoms with Gasteiger partial charge in [0.1, 0.15) is 10.6 Å². The Balaban J connectivity index is 3.30. The van der Waals surface area contributed by atoms with Crippen LogP contribution in [0.25, 0.3) is 0 Å². The molecule has 0 spiro atoms. The molecule has 0 unspecified atom stereocenters. The Labute approximate surface area is 69.8 Å². The highest BCUT2D eigenvalue weighted by Gasteiger charge is 2.15. The van der Waals surface area contributed by atoms with Gasteiger partial charge in [-0.25, -0.2) is 8.42 Å². The minimum atomic E-state index is -3.75. The second-order valence-electron chi connectivity index (χ2n) is 2.09. The van der Waals surface area contributed by atoms with Crippen LogP contribution in [0.15, 0.2) is 29.2 Å². The van der Waals surface area contributed by atoms with Gasteiger partial charge in [-0.1, -0.05) is 12.1 Å². The van der Waals surface area contributed by atoms with E-state index in [9.17, 15) is 8.42 Å². The average Bonchev–Trinajstić information content (AvgIpc) is 2.05. The summed E-state index contributed by atoms with van der Waals surface area (Å²) < 4.78 is 22.1. The third-order valence-electron chi connectivity index (χ3n) is 1.31. The lowest BCUT2D eigenvalue weighted by Gasteiger charge is -2.02. The summed E-state index contributed by atoms with van der Waals surface area (Å²) in [6.07, 6.45) is 0. The van der Waals surface area contributed by atoms with Gasteiger partial charge in [0.2, 0.25) is 0 Å². The first kappa shape index (κ1) is 8.98. The zero-order chi connectivity index (χ0) is 9.19. The zero-order valence-corrected chi connectivity index (χ0v) is 6.88. The van der Waals surface area contributed by atoms with Gasteiger partial charge in [0, 0.05) is 0 Å². The molecule has 0 saturated heterocycles. The van der Waals surface area contributed by atoms with Crippen LogP contribution >= 0.6 is 0 Å². The van der Waals surface area contributed by atoms with E-state index in [2.05, 4.69) is 0 Å². The van der Waals surface area contributed by atoms with Gasteiger partial charge < -0.3 is 5.11 Å². The van der Waals surface area contributed by atoms with Crippen molar-refractivity contribution in [2.24, 2.45) is 5.84 Å². The predicted octanol–water partition coefficient (Wildman–Crippen LogP) is -0.456. The number of sulfonamides is 1. The first-order valence-electron chi connectivity index (χ1n) is 3.08. The maximum Gasteiger partial charge on any atom is 0.256 e. The highest BCUT2D eigenvalue weighted by atomic mass is 32.2. The monoisotopic (exact) mass is 188 g/mol. The predicted molar refractivity (Wildman–Crippen MR) is 42.6 cm³/mol. The number of phenolic OH excluding ortho intramolecular Hbond substituents is 1. The molecule has 0 bridgehead atoms. The van der Waals surface area contributed by atoms with Crippen molar-refractivity contribution in [2.75, 3.05) is 0 Å². The van der Waals surface area contributed by atoms with Crippen LogP contribution in [0.4, 0.5) is 0 Å². The molecule has 1 aromatic rings. The van der Waals surface area contributed by atoms with Crippen LogP contribution in [0.2, 0.25) is 0 Å². The number of para-hydroxylation sites is 1. The number of aromatic hydroxyl groups is 1. The Morgan fingerprint density at radius 1 is 1.33 bits per heavy atom. The van der Waals surface area contributed by atoms with Gasteiger partial charge in [-0.3, -0.25) is 5.84 Å². The molecule has 6 heteroatoms. The first-order chi connectivity index (χ1) is 5.58. The molecule has 0 amide bonds. The number of nitrogens with two attached hydrogens (primary N) is 1. The van der Waals surface area contributed by atoms with Crippen LogP contribution in [0.3, 0.4) is 0 Å². The van der Waals surface area contributed by atoms with Crippen molar-refractivity contribution in [1.29, 1.82) is 0 Å². The molecule has 0 radical (unpaired) electrons. The van der Waals surface area contributed by atoms with Gasteiger partial charge in [-0.15, -0.1) is 4.83 Å². The fraction of sp³-hybridized carbons (Fsp3) is 0. The van der Waals surface area contributed by atoms with Gasteiger partial charge in [0.25, 0.3) is 10.0 Å². The number of benzene rings is 1. The molecule has 0 aromatic heterocycles. The normalized spacial score (nSPS) is 11.4. The van der Waals surface area contributed by atoms with Crippen molar-refractivity contribution in [1.82, 2.24) is 4.83 Å². The molecule has 12 heavy (non-hydrogen) atoms. The van der Waals surface area contributed by atoms with Gasteiger partial charge in [0.15, 0.2) is 0 Å². The van der Waals surface area contributed by atoms with E-state index < -0.39 is 10.0 Å². The lowest BCUT2D eigenvalue weighted by Crippen LogP contribution is -2.30. The smallest absolute Gasteiger partial charge is 0.256 e. The third-order valence-corrected chi connectivity index (χ3v) is 2.54. The van der Waals surface area contributed by atoms with E-state index in [1.54, 1.807) is 4.83 Å². The number of phenols is 1. The van der Waals surface area contributed by atoms with E-state index in [-0.39, 0.29) is 10.6 Å². The molecule has 5 nitrogen and oxygen atoms in total. The Kier molecular flexibility index (Phi) is 2.32. The molecule has 0 aliphatic carbocycles. The maximum atomic E-state index is 11.0. The summed E-state index contributed by atoms with van der Waals surface area (Å²) in [4.78, 5) is 1.38. The summed E-state index contributed by atoms with van der Waals surface area (Å²) in [5, 5.41) is 9.10. The maximum absolute atomic E-state index is 11.0. The van der Waals surface area contributed by atoms with Crippen LogP contribution in [-0.4, -0.2) is 13.5 Å². The second-order valence-corrected chi connectivity index (χ2v) is 3.77. The van der Waals surface area contributed by atoms with E-state index in [1.165, 1.54) is 24.3 Å². The molecule has 0 saturated carbocycles. The number of hydrogen-bond acceptors (Lipinski definition) is 4. The van der Waals surface area contributed by atoms with Gasteiger partial charge in [0.05, 0.1) is 0 Å². The summed E-state index contributed by atoms with van der Waals surface area (Å²) >= 11 is 0. The van der Waals surface area contributed by atoms with Crippen LogP contribution in [-0.2, 0) is 10.0 Å². The van der Waals surface area contributed by atoms with Crippen LogP contribution in [0, 0.1) is 0 Å². The molecule has 0 atom stereocenters. The number of hydrogen-bond donors (Lipinski definition) is 3. The first-order valence-corrected chi connectivity index (χ1v) is 4.56. The summed E-state index contributed by atoms with van der Waals surface area (Å²) in [5.74, 6) is 4.43. The van der Waals surface area contributed by atoms with E-state index >= 15 is 0 Å². The van der Waals surface area contributed by atoms with Crippen molar-refractivity contribution in [3.05, 3.63) is 24.3 Å². The van der Waals surface area contributed by atoms with Crippen molar-refractivity contribution in [3.8, 4) is 5.75 Å². The quantitative estimate of drug-likeness (QED) is 0.432. The number of nitrogens with one attached hydrogen (secondary N) is 1. The van der Waals surface area contributed by atoms with Crippen molar-refractivity contribution < 1.29 is 13.5 Å². The molecule has 0 aliphatic heterocycles. The Morgan fingerprint density at radius 2 is 1.92 bits per heavy atom. The topological polar surface area (TPSA) is 92.4 Å². The van der Waals surface area contributed by atoms with Crippen molar-refractivity contribution in [3.63, 3.8) is 0 Å². The van der Waals surface area contributed by atoms with Gasteiger partial charge in [-0.2, -0.15) is 0 Å². The Hall–Kier alpha value is -1.11. The molecule has 1 rings (SSSR count). The zero-order valence-electron chi connectivity index (χ0n) is 6.06. The minimum Gasteiger partial charge on any atom is -0.507 e. The Bertz CT molecular complexity index is 374. The second kappa shape index (κ2) is 3.10. The molecule has 4 N–H and O–H groups in total. The van der Waals surface area contributed by atoms with Crippen LogP contribution < -0.4 is 10.7 Å². The third kappa shape index (κ3) is 1.55. The Morgan fingerprint density at radius 3 is 2.42 bits per heavy atom. The lowest BCUT2D eigenvalue weighted by atomic mass is 10.3. The fourth-order valence-corrected chi connectivity index (χ4v) is 1.48. The molecule has 0 fully saturated rings. The highest BCUT2D eigenvalue weighted by molar-refractivity contribution is 7.89. The molecule has 1 aromatic carbocycles. The van der Waals surface area contributed by atoms with Gasteiger partial charge in [-0.05, 0) is 12.1 Å². The largest absolute Gasteiger partial charge is 0.507 e. The van der Waals surface area contributed by atoms with Crippen LogP contribution in [0.1, 0.15) is 0 Å². The van der Waals surface area contributed by atoms with Gasteiger partial charge >= 0.3 is 0 Å². The van der Waals surface area contributed by atoms with E-state index in [4.69, 9.17) is 10.9 Å². The fourth-order valence-electron chi connectivity index (χ4n) is 0.748. The summed E-state index contributed by atoms with van der Waals surface area (Å²) in [6, 6.07) is 5.53. The number of hydrazine groups is 1. The summed E-state index contributed by atoms with van der Waals surface area (Å²) in [6.45, 7) is 0. The highest BCUT2D eigenvalue weighted by Crippen LogP contribution is 2.20. The molecular weight excluding hydrogens is 180 g/mol. The van der Waals surface area contributed by atoms with E-state index in [1.807, 2.05) is 0 Å². The molecule has 0 aliphatic rings. The molecule has 66 valence electrons. The average molecular weight is 188 g/mol. The van der Waals surface area contributed by atoms with Crippen molar-refractivity contribution in [2.45, 2.75) is 4.90 Å². The number of rotatable bonds is 2. The van der Waals surface area contributed by atoms with E-state index in [0.29, 0.717) is 0 Å². The SMILES string of the molecule is NNS(=O)(=O)c1ccccc1O. The lowest BCUT2D eigenvalue weighted by molar-refractivity contribution is 0.458.